The second kappa shape index (κ2) is 6.52. The average molecular weight is 276 g/mol. The number of aliphatic hydroxyl groups excluding tert-OH is 1. The highest BCUT2D eigenvalue weighted by molar-refractivity contribution is 5.96. The molecule has 2 N–H and O–H groups in total. The molecule has 0 spiro atoms. The molecule has 2 amide bonds. The molecule has 1 aromatic rings. The quantitative estimate of drug-likeness (QED) is 0.848. The molecule has 1 aliphatic rings. The van der Waals surface area contributed by atoms with E-state index in [9.17, 15) is 14.7 Å². The average Bonchev–Trinajstić information content (AvgIpc) is 2.86. The highest BCUT2D eigenvalue weighted by Gasteiger charge is 2.33. The van der Waals surface area contributed by atoms with Crippen molar-refractivity contribution in [2.24, 2.45) is 5.92 Å². The van der Waals surface area contributed by atoms with Crippen molar-refractivity contribution in [1.29, 1.82) is 0 Å². The van der Waals surface area contributed by atoms with E-state index >= 15 is 0 Å². The summed E-state index contributed by atoms with van der Waals surface area (Å²) >= 11 is 0. The smallest absolute Gasteiger partial charge is 0.251 e. The first-order valence-electron chi connectivity index (χ1n) is 6.87. The summed E-state index contributed by atoms with van der Waals surface area (Å²) in [4.78, 5) is 25.6. The molecular weight excluding hydrogens is 256 g/mol. The van der Waals surface area contributed by atoms with Crippen LogP contribution in [0.25, 0.3) is 0 Å². The van der Waals surface area contributed by atoms with Crippen LogP contribution < -0.4 is 5.32 Å². The molecule has 1 saturated heterocycles. The topological polar surface area (TPSA) is 69.6 Å². The minimum absolute atomic E-state index is 0.0282. The Hall–Kier alpha value is -1.88. The second-order valence-electron chi connectivity index (χ2n) is 5.15. The van der Waals surface area contributed by atoms with Gasteiger partial charge in [-0.15, -0.1) is 0 Å². The van der Waals surface area contributed by atoms with Crippen molar-refractivity contribution in [3.8, 4) is 0 Å². The van der Waals surface area contributed by atoms with Gasteiger partial charge in [-0.1, -0.05) is 25.1 Å². The fraction of sp³-hybridized carbons (Fsp3) is 0.467. The summed E-state index contributed by atoms with van der Waals surface area (Å²) in [5.74, 6) is -0.0989. The van der Waals surface area contributed by atoms with Gasteiger partial charge in [-0.25, -0.2) is 0 Å². The van der Waals surface area contributed by atoms with Crippen LogP contribution in [0.15, 0.2) is 30.3 Å². The number of nitrogens with one attached hydrogen (secondary N) is 1. The molecule has 0 radical (unpaired) electrons. The van der Waals surface area contributed by atoms with Crippen molar-refractivity contribution in [3.63, 3.8) is 0 Å². The summed E-state index contributed by atoms with van der Waals surface area (Å²) in [5, 5.41) is 12.0. The van der Waals surface area contributed by atoms with E-state index in [1.807, 2.05) is 13.0 Å². The molecule has 1 heterocycles. The molecule has 0 aliphatic carbocycles. The lowest BCUT2D eigenvalue weighted by Crippen LogP contribution is -2.45. The van der Waals surface area contributed by atoms with Gasteiger partial charge in [-0.05, 0) is 24.5 Å². The van der Waals surface area contributed by atoms with Gasteiger partial charge in [0.2, 0.25) is 5.91 Å². The third-order valence-corrected chi connectivity index (χ3v) is 3.83. The van der Waals surface area contributed by atoms with Crippen molar-refractivity contribution >= 4 is 11.8 Å². The van der Waals surface area contributed by atoms with Gasteiger partial charge in [-0.2, -0.15) is 0 Å². The summed E-state index contributed by atoms with van der Waals surface area (Å²) < 4.78 is 0. The minimum atomic E-state index is -0.258. The first-order valence-corrected chi connectivity index (χ1v) is 6.87. The van der Waals surface area contributed by atoms with E-state index in [2.05, 4.69) is 5.32 Å². The van der Waals surface area contributed by atoms with Crippen LogP contribution >= 0.6 is 0 Å². The number of hydrogen-bond acceptors (Lipinski definition) is 3. The van der Waals surface area contributed by atoms with E-state index in [1.165, 1.54) is 0 Å². The number of benzene rings is 1. The molecule has 20 heavy (non-hydrogen) atoms. The molecule has 2 atom stereocenters. The number of hydrogen-bond donors (Lipinski definition) is 2. The van der Waals surface area contributed by atoms with Gasteiger partial charge in [0.25, 0.3) is 5.91 Å². The number of rotatable bonds is 4. The van der Waals surface area contributed by atoms with Gasteiger partial charge in [0.15, 0.2) is 0 Å². The highest BCUT2D eigenvalue weighted by Crippen LogP contribution is 2.23. The third-order valence-electron chi connectivity index (χ3n) is 3.83. The Morgan fingerprint density at radius 2 is 2.05 bits per heavy atom. The zero-order valence-electron chi connectivity index (χ0n) is 11.6. The Balaban J connectivity index is 1.88. The van der Waals surface area contributed by atoms with Crippen LogP contribution in [0.3, 0.4) is 0 Å². The number of aliphatic hydroxyl groups is 1. The summed E-state index contributed by atoms with van der Waals surface area (Å²) in [5.41, 5.74) is 0.536. The molecule has 108 valence electrons. The molecular formula is C15H20N2O3. The molecule has 1 aliphatic heterocycles. The lowest BCUT2D eigenvalue weighted by molar-refractivity contribution is -0.132. The van der Waals surface area contributed by atoms with Crippen LogP contribution in [-0.2, 0) is 4.79 Å². The van der Waals surface area contributed by atoms with Gasteiger partial charge >= 0.3 is 0 Å². The number of likely N-dealkylation sites (tertiary alicyclic amines) is 1. The lowest BCUT2D eigenvalue weighted by Gasteiger charge is -2.25. The molecule has 0 saturated carbocycles. The van der Waals surface area contributed by atoms with Gasteiger partial charge in [0.1, 0.15) is 0 Å². The van der Waals surface area contributed by atoms with Gasteiger partial charge in [-0.3, -0.25) is 9.59 Å². The first-order chi connectivity index (χ1) is 9.63. The summed E-state index contributed by atoms with van der Waals surface area (Å²) in [6, 6.07) is 8.67. The maximum atomic E-state index is 12.1. The van der Waals surface area contributed by atoms with Crippen LogP contribution in [0.4, 0.5) is 0 Å². The predicted octanol–water partition coefficient (Wildman–Crippen LogP) is 0.646. The van der Waals surface area contributed by atoms with Crippen molar-refractivity contribution in [3.05, 3.63) is 35.9 Å². The fourth-order valence-corrected chi connectivity index (χ4v) is 2.55. The normalized spacial score (nSPS) is 21.8. The number of carbonyl (C=O) groups is 2. The van der Waals surface area contributed by atoms with Crippen molar-refractivity contribution in [2.45, 2.75) is 19.4 Å². The van der Waals surface area contributed by atoms with Gasteiger partial charge in [0, 0.05) is 12.1 Å². The minimum Gasteiger partial charge on any atom is -0.394 e. The maximum Gasteiger partial charge on any atom is 0.251 e. The molecule has 5 nitrogen and oxygen atoms in total. The fourth-order valence-electron chi connectivity index (χ4n) is 2.55. The Bertz CT molecular complexity index is 475. The maximum absolute atomic E-state index is 12.1. The van der Waals surface area contributed by atoms with Crippen LogP contribution in [0, 0.1) is 5.92 Å². The molecule has 1 fully saturated rings. The van der Waals surface area contributed by atoms with Crippen LogP contribution in [0.2, 0.25) is 0 Å². The van der Waals surface area contributed by atoms with E-state index < -0.39 is 0 Å². The van der Waals surface area contributed by atoms with Crippen LogP contribution in [0.5, 0.6) is 0 Å². The van der Waals surface area contributed by atoms with Gasteiger partial charge in [0.05, 0.1) is 19.2 Å². The molecule has 2 rings (SSSR count). The Labute approximate surface area is 118 Å². The Morgan fingerprint density at radius 1 is 1.35 bits per heavy atom. The van der Waals surface area contributed by atoms with E-state index in [1.54, 1.807) is 29.2 Å². The van der Waals surface area contributed by atoms with E-state index in [0.717, 1.165) is 6.42 Å². The molecule has 5 heteroatoms. The Kier molecular flexibility index (Phi) is 4.74. The van der Waals surface area contributed by atoms with E-state index in [4.69, 9.17) is 0 Å². The number of carbonyl (C=O) groups excluding carboxylic acids is 2. The zero-order valence-corrected chi connectivity index (χ0v) is 11.6. The highest BCUT2D eigenvalue weighted by atomic mass is 16.3. The van der Waals surface area contributed by atoms with Crippen molar-refractivity contribution in [2.75, 3.05) is 19.7 Å². The summed E-state index contributed by atoms with van der Waals surface area (Å²) in [6.45, 7) is 2.61. The monoisotopic (exact) mass is 276 g/mol. The second-order valence-corrected chi connectivity index (χ2v) is 5.15. The van der Waals surface area contributed by atoms with Gasteiger partial charge < -0.3 is 15.3 Å². The van der Waals surface area contributed by atoms with Crippen LogP contribution in [0.1, 0.15) is 23.7 Å². The molecule has 0 aromatic heterocycles. The molecule has 2 unspecified atom stereocenters. The molecule has 1 aromatic carbocycles. The largest absolute Gasteiger partial charge is 0.394 e. The van der Waals surface area contributed by atoms with E-state index in [0.29, 0.717) is 18.0 Å². The standard InChI is InChI=1S/C15H20N2O3/c1-11-7-8-17(13(11)10-18)14(19)9-16-15(20)12-5-3-2-4-6-12/h2-6,11,13,18H,7-10H2,1H3,(H,16,20). The summed E-state index contributed by atoms with van der Waals surface area (Å²) in [7, 11) is 0. The SMILES string of the molecule is CC1CCN(C(=O)CNC(=O)c2ccccc2)C1CO. The number of amides is 2. The van der Waals surface area contributed by atoms with E-state index in [-0.39, 0.29) is 31.0 Å². The molecule has 0 bridgehead atoms. The summed E-state index contributed by atoms with van der Waals surface area (Å²) in [6.07, 6.45) is 0.892. The Morgan fingerprint density at radius 3 is 2.70 bits per heavy atom. The lowest BCUT2D eigenvalue weighted by atomic mass is 10.0. The predicted molar refractivity (Wildman–Crippen MR) is 75.1 cm³/mol. The van der Waals surface area contributed by atoms with Crippen LogP contribution in [-0.4, -0.2) is 47.6 Å². The third kappa shape index (κ3) is 3.17. The zero-order chi connectivity index (χ0) is 14.5. The first kappa shape index (κ1) is 14.5. The number of nitrogens with zero attached hydrogens (tertiary/aromatic N) is 1. The van der Waals surface area contributed by atoms with Crippen molar-refractivity contribution < 1.29 is 14.7 Å². The van der Waals surface area contributed by atoms with Crippen molar-refractivity contribution in [1.82, 2.24) is 10.2 Å².